The number of nitrogens with zero attached hydrogens (tertiary/aromatic N) is 2. The summed E-state index contributed by atoms with van der Waals surface area (Å²) in [7, 11) is 0. The van der Waals surface area contributed by atoms with E-state index in [4.69, 9.17) is 16.9 Å². The molecule has 0 aromatic carbocycles. The van der Waals surface area contributed by atoms with Crippen LogP contribution in [0.3, 0.4) is 0 Å². The summed E-state index contributed by atoms with van der Waals surface area (Å²) in [5.41, 5.74) is 3.42. The molecule has 6 nitrogen and oxygen atoms in total. The number of aromatic nitrogens is 2. The fraction of sp³-hybridized carbons (Fsp3) is 0.538. The van der Waals surface area contributed by atoms with Crippen molar-refractivity contribution in [2.75, 3.05) is 5.73 Å². The van der Waals surface area contributed by atoms with E-state index in [1.54, 1.807) is 6.92 Å². The van der Waals surface area contributed by atoms with E-state index in [2.05, 4.69) is 10.9 Å². The lowest BCUT2D eigenvalue weighted by molar-refractivity contribution is -0.0680. The summed E-state index contributed by atoms with van der Waals surface area (Å²) in [6.07, 6.45) is 4.67. The van der Waals surface area contributed by atoms with Crippen molar-refractivity contribution in [3.8, 4) is 12.3 Å². The summed E-state index contributed by atoms with van der Waals surface area (Å²) in [6, 6.07) is 0. The molecule has 0 unspecified atom stereocenters. The highest BCUT2D eigenvalue weighted by atomic mass is 19.1. The van der Waals surface area contributed by atoms with Crippen LogP contribution in [0.4, 0.5) is 10.2 Å². The van der Waals surface area contributed by atoms with Crippen LogP contribution in [0.5, 0.6) is 0 Å². The van der Waals surface area contributed by atoms with Gasteiger partial charge in [0.15, 0.2) is 17.9 Å². The first kappa shape index (κ1) is 14.5. The van der Waals surface area contributed by atoms with Crippen LogP contribution in [0.15, 0.2) is 11.0 Å². The van der Waals surface area contributed by atoms with Crippen LogP contribution in [0.2, 0.25) is 0 Å². The van der Waals surface area contributed by atoms with Crippen LogP contribution < -0.4 is 11.4 Å². The molecule has 1 aliphatic heterocycles. The van der Waals surface area contributed by atoms with E-state index in [9.17, 15) is 14.3 Å². The predicted molar refractivity (Wildman–Crippen MR) is 70.0 cm³/mol. The topological polar surface area (TPSA) is 90.4 Å². The highest BCUT2D eigenvalue weighted by Crippen LogP contribution is 2.42. The number of aliphatic hydroxyl groups is 1. The fourth-order valence-electron chi connectivity index (χ4n) is 2.45. The van der Waals surface area contributed by atoms with E-state index in [-0.39, 0.29) is 0 Å². The molecule has 2 rings (SSSR count). The molecular weight excluding hydrogens is 265 g/mol. The Kier molecular flexibility index (Phi) is 3.54. The quantitative estimate of drug-likeness (QED) is 0.759. The van der Waals surface area contributed by atoms with Crippen molar-refractivity contribution in [2.24, 2.45) is 5.92 Å². The van der Waals surface area contributed by atoms with Crippen molar-refractivity contribution in [1.29, 1.82) is 0 Å². The van der Waals surface area contributed by atoms with Gasteiger partial charge in [0.2, 0.25) is 0 Å². The molecule has 0 bridgehead atoms. The minimum atomic E-state index is -1.09. The Labute approximate surface area is 115 Å². The van der Waals surface area contributed by atoms with Crippen LogP contribution in [0.25, 0.3) is 0 Å². The normalized spacial score (nSPS) is 33.0. The standard InChI is InChI=1S/C13H16FN3O3/c1-4-13(5-2)7(3)9(18)11(20-13)17-6-8(14)10(15)16-12(17)19/h1,6-7,9,11,18H,5H2,2-3H3,(H2,15,16,19)/t7-,9-,11+,13+/m0/s1. The Bertz CT molecular complexity index is 624. The lowest BCUT2D eigenvalue weighted by Gasteiger charge is -2.25. The van der Waals surface area contributed by atoms with Gasteiger partial charge in [-0.3, -0.25) is 4.57 Å². The van der Waals surface area contributed by atoms with Crippen molar-refractivity contribution in [2.45, 2.75) is 38.2 Å². The Morgan fingerprint density at radius 3 is 2.90 bits per heavy atom. The van der Waals surface area contributed by atoms with Gasteiger partial charge < -0.3 is 15.6 Å². The SMILES string of the molecule is C#C[C@]1(CC)O[C@@H](n2cc(F)c(N)nc2=O)[C@@H](O)[C@@H]1C. The molecule has 1 fully saturated rings. The molecular formula is C13H16FN3O3. The zero-order valence-electron chi connectivity index (χ0n) is 11.2. The van der Waals surface area contributed by atoms with E-state index in [1.807, 2.05) is 6.92 Å². The fourth-order valence-corrected chi connectivity index (χ4v) is 2.45. The van der Waals surface area contributed by atoms with E-state index in [1.165, 1.54) is 0 Å². The monoisotopic (exact) mass is 281 g/mol. The summed E-state index contributed by atoms with van der Waals surface area (Å²) >= 11 is 0. The molecule has 1 aliphatic rings. The molecule has 1 aromatic rings. The number of halogens is 1. The van der Waals surface area contributed by atoms with Gasteiger partial charge in [0.25, 0.3) is 0 Å². The Morgan fingerprint density at radius 2 is 2.40 bits per heavy atom. The molecule has 108 valence electrons. The lowest BCUT2D eigenvalue weighted by atomic mass is 9.85. The van der Waals surface area contributed by atoms with Crippen molar-refractivity contribution in [3.63, 3.8) is 0 Å². The molecule has 0 aliphatic carbocycles. The van der Waals surface area contributed by atoms with Gasteiger partial charge in [-0.15, -0.1) is 6.42 Å². The second-order valence-corrected chi connectivity index (χ2v) is 4.84. The smallest absolute Gasteiger partial charge is 0.351 e. The maximum Gasteiger partial charge on any atom is 0.351 e. The minimum Gasteiger partial charge on any atom is -0.388 e. The van der Waals surface area contributed by atoms with Gasteiger partial charge >= 0.3 is 5.69 Å². The van der Waals surface area contributed by atoms with Crippen molar-refractivity contribution in [3.05, 3.63) is 22.5 Å². The second kappa shape index (κ2) is 4.89. The first-order chi connectivity index (χ1) is 9.36. The molecule has 20 heavy (non-hydrogen) atoms. The number of rotatable bonds is 2. The average Bonchev–Trinajstić information content (AvgIpc) is 2.68. The molecule has 3 N–H and O–H groups in total. The van der Waals surface area contributed by atoms with Crippen LogP contribution in [-0.2, 0) is 4.74 Å². The van der Waals surface area contributed by atoms with Gasteiger partial charge in [0, 0.05) is 5.92 Å². The number of terminal acetylenes is 1. The van der Waals surface area contributed by atoms with Crippen LogP contribution in [0.1, 0.15) is 26.5 Å². The van der Waals surface area contributed by atoms with Gasteiger partial charge in [0.05, 0.1) is 6.20 Å². The molecule has 0 radical (unpaired) electrons. The maximum absolute atomic E-state index is 13.5. The Balaban J connectivity index is 2.48. The van der Waals surface area contributed by atoms with Gasteiger partial charge in [0.1, 0.15) is 11.7 Å². The van der Waals surface area contributed by atoms with Crippen molar-refractivity contribution >= 4 is 5.82 Å². The lowest BCUT2D eigenvalue weighted by Crippen LogP contribution is -2.34. The average molecular weight is 281 g/mol. The zero-order valence-corrected chi connectivity index (χ0v) is 11.2. The number of nitrogens with two attached hydrogens (primary N) is 1. The first-order valence-electron chi connectivity index (χ1n) is 6.24. The summed E-state index contributed by atoms with van der Waals surface area (Å²) in [6.45, 7) is 3.54. The van der Waals surface area contributed by atoms with Crippen LogP contribution in [-0.4, -0.2) is 26.4 Å². The highest BCUT2D eigenvalue weighted by Gasteiger charge is 2.51. The van der Waals surface area contributed by atoms with E-state index < -0.39 is 41.2 Å². The molecule has 2 heterocycles. The molecule has 1 aromatic heterocycles. The van der Waals surface area contributed by atoms with Crippen LogP contribution in [0, 0.1) is 24.1 Å². The number of hydrogen-bond donors (Lipinski definition) is 2. The summed E-state index contributed by atoms with van der Waals surface area (Å²) in [5, 5.41) is 10.2. The number of ether oxygens (including phenoxy) is 1. The molecule has 1 saturated heterocycles. The van der Waals surface area contributed by atoms with Gasteiger partial charge in [-0.2, -0.15) is 4.98 Å². The summed E-state index contributed by atoms with van der Waals surface area (Å²) in [4.78, 5) is 15.1. The molecule has 7 heteroatoms. The van der Waals surface area contributed by atoms with E-state index in [0.29, 0.717) is 6.42 Å². The zero-order chi connectivity index (χ0) is 15.1. The number of hydrogen-bond acceptors (Lipinski definition) is 5. The molecule has 0 amide bonds. The third-order valence-electron chi connectivity index (χ3n) is 3.85. The Hall–Kier alpha value is -1.91. The number of nitrogen functional groups attached to an aromatic ring is 1. The highest BCUT2D eigenvalue weighted by molar-refractivity contribution is 5.26. The van der Waals surface area contributed by atoms with Gasteiger partial charge in [-0.25, -0.2) is 9.18 Å². The van der Waals surface area contributed by atoms with E-state index in [0.717, 1.165) is 10.8 Å². The number of aliphatic hydroxyl groups excluding tert-OH is 1. The summed E-state index contributed by atoms with van der Waals surface area (Å²) < 4.78 is 20.0. The second-order valence-electron chi connectivity index (χ2n) is 4.84. The largest absolute Gasteiger partial charge is 0.388 e. The maximum atomic E-state index is 13.5. The van der Waals surface area contributed by atoms with E-state index >= 15 is 0 Å². The van der Waals surface area contributed by atoms with Crippen molar-refractivity contribution in [1.82, 2.24) is 9.55 Å². The van der Waals surface area contributed by atoms with Gasteiger partial charge in [-0.05, 0) is 6.42 Å². The molecule has 4 atom stereocenters. The Morgan fingerprint density at radius 1 is 1.75 bits per heavy atom. The molecule has 0 saturated carbocycles. The first-order valence-corrected chi connectivity index (χ1v) is 6.24. The van der Waals surface area contributed by atoms with Gasteiger partial charge in [-0.1, -0.05) is 19.8 Å². The third-order valence-corrected chi connectivity index (χ3v) is 3.85. The predicted octanol–water partition coefficient (Wildman–Crippen LogP) is 0.272. The number of anilines is 1. The minimum absolute atomic E-state index is 0.407. The van der Waals surface area contributed by atoms with Crippen molar-refractivity contribution < 1.29 is 14.2 Å². The van der Waals surface area contributed by atoms with Crippen LogP contribution >= 0.6 is 0 Å². The molecule has 0 spiro atoms. The third kappa shape index (κ3) is 1.97. The summed E-state index contributed by atoms with van der Waals surface area (Å²) in [5.74, 6) is 0.755.